The van der Waals surface area contributed by atoms with Crippen LogP contribution < -0.4 is 0 Å². The number of halogens is 1. The van der Waals surface area contributed by atoms with Crippen LogP contribution in [0.3, 0.4) is 0 Å². The van der Waals surface area contributed by atoms with Crippen LogP contribution in [0.25, 0.3) is 0 Å². The predicted octanol–water partition coefficient (Wildman–Crippen LogP) is 2.99. The third kappa shape index (κ3) is 3.62. The van der Waals surface area contributed by atoms with Crippen molar-refractivity contribution in [1.82, 2.24) is 0 Å². The van der Waals surface area contributed by atoms with Crippen LogP contribution >= 0.6 is 11.6 Å². The molecule has 0 saturated carbocycles. The maximum Gasteiger partial charge on any atom is 0.338 e. The highest BCUT2D eigenvalue weighted by Crippen LogP contribution is 2.01. The van der Waals surface area contributed by atoms with Gasteiger partial charge in [-0.1, -0.05) is 35.9 Å². The van der Waals surface area contributed by atoms with E-state index < -0.39 is 0 Å². The van der Waals surface area contributed by atoms with Crippen LogP contribution in [0.4, 0.5) is 0 Å². The van der Waals surface area contributed by atoms with Gasteiger partial charge in [0.2, 0.25) is 0 Å². The van der Waals surface area contributed by atoms with E-state index in [0.29, 0.717) is 18.6 Å². The molecule has 0 spiro atoms. The molecule has 1 rings (SSSR count). The zero-order valence-corrected chi connectivity index (χ0v) is 8.41. The zero-order chi connectivity index (χ0) is 10.2. The number of carbonyl (C=O) groups excluding carboxylic acids is 1. The second-order valence-electron chi connectivity index (χ2n) is 2.65. The Bertz CT molecular complexity index is 306. The second-order valence-corrected chi connectivity index (χ2v) is 2.90. The molecular formula is C11H11ClO2. The molecule has 0 atom stereocenters. The van der Waals surface area contributed by atoms with E-state index in [1.165, 1.54) is 5.54 Å². The minimum Gasteiger partial charge on any atom is -0.462 e. The lowest BCUT2D eigenvalue weighted by Crippen LogP contribution is -2.05. The van der Waals surface area contributed by atoms with Gasteiger partial charge in [0.15, 0.2) is 0 Å². The maximum absolute atomic E-state index is 11.3. The lowest BCUT2D eigenvalue weighted by atomic mass is 10.2. The van der Waals surface area contributed by atoms with Crippen molar-refractivity contribution in [2.24, 2.45) is 0 Å². The largest absolute Gasteiger partial charge is 0.462 e. The highest BCUT2D eigenvalue weighted by atomic mass is 35.5. The van der Waals surface area contributed by atoms with Gasteiger partial charge in [-0.05, 0) is 12.1 Å². The van der Waals surface area contributed by atoms with E-state index in [1.54, 1.807) is 30.3 Å². The van der Waals surface area contributed by atoms with Crippen LogP contribution in [0.5, 0.6) is 0 Å². The van der Waals surface area contributed by atoms with Gasteiger partial charge in [0.05, 0.1) is 12.2 Å². The molecular weight excluding hydrogens is 200 g/mol. The monoisotopic (exact) mass is 210 g/mol. The molecule has 1 aromatic carbocycles. The van der Waals surface area contributed by atoms with Crippen molar-refractivity contribution in [1.29, 1.82) is 0 Å². The van der Waals surface area contributed by atoms with Crippen LogP contribution in [0.1, 0.15) is 16.8 Å². The van der Waals surface area contributed by atoms with Crippen LogP contribution in [-0.2, 0) is 4.74 Å². The van der Waals surface area contributed by atoms with Crippen molar-refractivity contribution in [2.75, 3.05) is 6.61 Å². The van der Waals surface area contributed by atoms with E-state index >= 15 is 0 Å². The van der Waals surface area contributed by atoms with Crippen molar-refractivity contribution >= 4 is 17.6 Å². The predicted molar refractivity (Wildman–Crippen MR) is 56.3 cm³/mol. The van der Waals surface area contributed by atoms with Crippen molar-refractivity contribution in [3.63, 3.8) is 0 Å². The third-order valence-electron chi connectivity index (χ3n) is 1.62. The Balaban J connectivity index is 2.36. The van der Waals surface area contributed by atoms with Gasteiger partial charge in [0.25, 0.3) is 0 Å². The molecule has 0 aliphatic rings. The molecule has 14 heavy (non-hydrogen) atoms. The highest BCUT2D eigenvalue weighted by Gasteiger charge is 2.03. The molecule has 2 nitrogen and oxygen atoms in total. The Morgan fingerprint density at radius 3 is 2.71 bits per heavy atom. The zero-order valence-electron chi connectivity index (χ0n) is 7.65. The molecule has 0 aliphatic carbocycles. The molecule has 0 aliphatic heterocycles. The number of hydrogen-bond acceptors (Lipinski definition) is 2. The Labute approximate surface area is 88.1 Å². The van der Waals surface area contributed by atoms with Crippen LogP contribution in [0, 0.1) is 0 Å². The van der Waals surface area contributed by atoms with Gasteiger partial charge in [-0.15, -0.1) is 0 Å². The molecule has 0 radical (unpaired) electrons. The van der Waals surface area contributed by atoms with E-state index in [0.717, 1.165) is 0 Å². The van der Waals surface area contributed by atoms with Gasteiger partial charge in [0, 0.05) is 12.0 Å². The van der Waals surface area contributed by atoms with E-state index in [4.69, 9.17) is 16.3 Å². The minimum atomic E-state index is -0.298. The molecule has 1 aromatic rings. The first-order valence-corrected chi connectivity index (χ1v) is 4.75. The molecule has 0 bridgehead atoms. The summed E-state index contributed by atoms with van der Waals surface area (Å²) in [5, 5.41) is 0. The van der Waals surface area contributed by atoms with Crippen molar-refractivity contribution < 1.29 is 9.53 Å². The summed E-state index contributed by atoms with van der Waals surface area (Å²) in [7, 11) is 0. The molecule has 0 heterocycles. The molecule has 3 heteroatoms. The summed E-state index contributed by atoms with van der Waals surface area (Å²) in [5.41, 5.74) is 1.98. The van der Waals surface area contributed by atoms with Crippen molar-refractivity contribution in [2.45, 2.75) is 6.42 Å². The minimum absolute atomic E-state index is 0.298. The van der Waals surface area contributed by atoms with Gasteiger partial charge >= 0.3 is 5.97 Å². The number of esters is 1. The molecule has 0 aromatic heterocycles. The number of ether oxygens (including phenoxy) is 1. The average Bonchev–Trinajstić information content (AvgIpc) is 2.25. The summed E-state index contributed by atoms with van der Waals surface area (Å²) in [5.74, 6) is -0.298. The summed E-state index contributed by atoms with van der Waals surface area (Å²) in [6, 6.07) is 8.90. The van der Waals surface area contributed by atoms with Gasteiger partial charge in [-0.25, -0.2) is 4.79 Å². The summed E-state index contributed by atoms with van der Waals surface area (Å²) in [4.78, 5) is 11.3. The first kappa shape index (κ1) is 10.8. The lowest BCUT2D eigenvalue weighted by molar-refractivity contribution is 0.0512. The Morgan fingerprint density at radius 2 is 2.07 bits per heavy atom. The van der Waals surface area contributed by atoms with Crippen LogP contribution in [-0.4, -0.2) is 12.6 Å². The fraction of sp³-hybridized carbons (Fsp3) is 0.182. The normalized spacial score (nSPS) is 10.4. The van der Waals surface area contributed by atoms with E-state index in [9.17, 15) is 4.79 Å². The van der Waals surface area contributed by atoms with Crippen molar-refractivity contribution in [3.8, 4) is 0 Å². The number of rotatable bonds is 4. The molecule has 0 amide bonds. The second kappa shape index (κ2) is 6.22. The first-order chi connectivity index (χ1) is 6.84. The van der Waals surface area contributed by atoms with Crippen LogP contribution in [0.15, 0.2) is 41.9 Å². The smallest absolute Gasteiger partial charge is 0.338 e. The molecule has 0 N–H and O–H groups in total. The van der Waals surface area contributed by atoms with Gasteiger partial charge < -0.3 is 4.74 Å². The van der Waals surface area contributed by atoms with Gasteiger partial charge in [0.1, 0.15) is 0 Å². The fourth-order valence-electron chi connectivity index (χ4n) is 0.940. The van der Waals surface area contributed by atoms with Gasteiger partial charge in [-0.3, -0.25) is 0 Å². The molecule has 0 fully saturated rings. The average molecular weight is 211 g/mol. The van der Waals surface area contributed by atoms with Gasteiger partial charge in [-0.2, -0.15) is 0 Å². The number of benzene rings is 1. The number of hydrogen-bond donors (Lipinski definition) is 0. The summed E-state index contributed by atoms with van der Waals surface area (Å²) < 4.78 is 4.98. The maximum atomic E-state index is 11.3. The third-order valence-corrected chi connectivity index (χ3v) is 1.79. The molecule has 0 unspecified atom stereocenters. The standard InChI is InChI=1S/C11H11ClO2/c12-8-4-5-9-14-11(13)10-6-2-1-3-7-10/h1-4,6-8H,5,9H2. The fourth-order valence-corrected chi connectivity index (χ4v) is 1.07. The summed E-state index contributed by atoms with van der Waals surface area (Å²) in [6.45, 7) is 0.358. The highest BCUT2D eigenvalue weighted by molar-refractivity contribution is 6.25. The topological polar surface area (TPSA) is 26.3 Å². The van der Waals surface area contributed by atoms with E-state index in [1.807, 2.05) is 6.07 Å². The Morgan fingerprint density at radius 1 is 1.36 bits per heavy atom. The first-order valence-electron chi connectivity index (χ1n) is 4.32. The van der Waals surface area contributed by atoms with E-state index in [2.05, 4.69) is 0 Å². The Kier molecular flexibility index (Phi) is 4.79. The quantitative estimate of drug-likeness (QED) is 0.564. The lowest BCUT2D eigenvalue weighted by Gasteiger charge is -2.01. The Hall–Kier alpha value is -1.28. The number of carbonyl (C=O) groups is 1. The molecule has 74 valence electrons. The molecule has 0 saturated heterocycles. The van der Waals surface area contributed by atoms with Crippen LogP contribution in [0.2, 0.25) is 0 Å². The van der Waals surface area contributed by atoms with E-state index in [-0.39, 0.29) is 5.97 Å². The summed E-state index contributed by atoms with van der Waals surface area (Å²) in [6.07, 6.45) is 2.38. The van der Waals surface area contributed by atoms with Crippen molar-refractivity contribution in [3.05, 3.63) is 47.5 Å². The SMILES string of the molecule is O=C(OCCC=CCl)c1ccccc1. The summed E-state index contributed by atoms with van der Waals surface area (Å²) >= 11 is 5.31.